The van der Waals surface area contributed by atoms with Gasteiger partial charge in [0, 0.05) is 27.2 Å². The molecule has 2 N–H and O–H groups in total. The number of nitrogens with one attached hydrogen (secondary N) is 2. The van der Waals surface area contributed by atoms with Gasteiger partial charge in [-0.25, -0.2) is 20.0 Å². The first kappa shape index (κ1) is 12.3. The van der Waals surface area contributed by atoms with Gasteiger partial charge in [-0.3, -0.25) is 0 Å². The molecule has 98 valence electrons. The van der Waals surface area contributed by atoms with Gasteiger partial charge in [0.15, 0.2) is 0 Å². The van der Waals surface area contributed by atoms with E-state index in [9.17, 15) is 0 Å². The van der Waals surface area contributed by atoms with Crippen LogP contribution in [0.2, 0.25) is 0 Å². The van der Waals surface area contributed by atoms with Gasteiger partial charge >= 0.3 is 0 Å². The van der Waals surface area contributed by atoms with Crippen LogP contribution in [0.15, 0.2) is 20.2 Å². The maximum atomic E-state index is 4.25. The van der Waals surface area contributed by atoms with E-state index >= 15 is 0 Å². The molecular weight excluding hydrogens is 232 g/mol. The van der Waals surface area contributed by atoms with Crippen LogP contribution < -0.4 is 10.6 Å². The van der Waals surface area contributed by atoms with Gasteiger partial charge in [0.1, 0.15) is 0 Å². The Balaban J connectivity index is 1.79. The highest BCUT2D eigenvalue weighted by atomic mass is 15.5. The van der Waals surface area contributed by atoms with Crippen molar-refractivity contribution in [2.45, 2.75) is 0 Å². The Morgan fingerprint density at radius 2 is 1.39 bits per heavy atom. The summed E-state index contributed by atoms with van der Waals surface area (Å²) in [5.74, 6) is 1.57. The van der Waals surface area contributed by atoms with Gasteiger partial charge in [-0.05, 0) is 0 Å². The molecule has 0 atom stereocenters. The van der Waals surface area contributed by atoms with Crippen LogP contribution in [-0.4, -0.2) is 74.6 Å². The van der Waals surface area contributed by atoms with Crippen LogP contribution >= 0.6 is 0 Å². The van der Waals surface area contributed by atoms with Crippen molar-refractivity contribution in [1.82, 2.24) is 20.7 Å². The summed E-state index contributed by atoms with van der Waals surface area (Å²) in [6.45, 7) is 3.35. The fourth-order valence-electron chi connectivity index (χ4n) is 1.57. The van der Waals surface area contributed by atoms with Gasteiger partial charge in [0.2, 0.25) is 11.9 Å². The maximum absolute atomic E-state index is 4.25. The number of hydrogen-bond acceptors (Lipinski definition) is 8. The molecule has 2 aliphatic rings. The molecule has 18 heavy (non-hydrogen) atoms. The van der Waals surface area contributed by atoms with Gasteiger partial charge < -0.3 is 10.6 Å². The Hall–Kier alpha value is -2.12. The van der Waals surface area contributed by atoms with E-state index in [4.69, 9.17) is 0 Å². The molecule has 0 saturated carbocycles. The molecule has 8 heteroatoms. The van der Waals surface area contributed by atoms with E-state index in [0.29, 0.717) is 0 Å². The first-order valence-corrected chi connectivity index (χ1v) is 5.88. The van der Waals surface area contributed by atoms with Crippen LogP contribution in [0.3, 0.4) is 0 Å². The molecule has 0 amide bonds. The lowest BCUT2D eigenvalue weighted by atomic mass is 10.7. The average molecular weight is 250 g/mol. The lowest BCUT2D eigenvalue weighted by Gasteiger charge is -2.12. The van der Waals surface area contributed by atoms with Crippen LogP contribution in [0.4, 0.5) is 0 Å². The molecule has 0 aromatic rings. The van der Waals surface area contributed by atoms with Gasteiger partial charge in [0.25, 0.3) is 0 Å². The second-order valence-electron chi connectivity index (χ2n) is 3.84. The van der Waals surface area contributed by atoms with Gasteiger partial charge in [-0.15, -0.1) is 0 Å². The van der Waals surface area contributed by atoms with Gasteiger partial charge in [-0.1, -0.05) is 0 Å². The van der Waals surface area contributed by atoms with E-state index < -0.39 is 0 Å². The van der Waals surface area contributed by atoms with Crippen LogP contribution in [0.25, 0.3) is 0 Å². The van der Waals surface area contributed by atoms with Crippen molar-refractivity contribution in [3.05, 3.63) is 0 Å². The number of guanidine groups is 2. The maximum Gasteiger partial charge on any atom is 0.214 e. The van der Waals surface area contributed by atoms with Crippen LogP contribution in [0, 0.1) is 0 Å². The quantitative estimate of drug-likeness (QED) is 0.484. The number of aliphatic imine (C=N–C) groups is 2. The summed E-state index contributed by atoms with van der Waals surface area (Å²) in [4.78, 5) is 8.49. The molecule has 0 aromatic carbocycles. The predicted molar refractivity (Wildman–Crippen MR) is 73.1 cm³/mol. The van der Waals surface area contributed by atoms with Gasteiger partial charge in [-0.2, -0.15) is 10.2 Å². The summed E-state index contributed by atoms with van der Waals surface area (Å²) in [6, 6.07) is 0. The third-order valence-corrected chi connectivity index (χ3v) is 2.47. The number of rotatable bonds is 3. The fraction of sp³-hybridized carbons (Fsp3) is 0.600. The molecule has 0 unspecified atom stereocenters. The van der Waals surface area contributed by atoms with E-state index in [1.165, 1.54) is 0 Å². The molecular formula is C10H18N8. The van der Waals surface area contributed by atoms with Gasteiger partial charge in [0.05, 0.1) is 25.5 Å². The van der Waals surface area contributed by atoms with E-state index in [1.54, 1.807) is 22.4 Å². The molecule has 2 heterocycles. The van der Waals surface area contributed by atoms with E-state index in [2.05, 4.69) is 30.8 Å². The molecule has 0 spiro atoms. The minimum absolute atomic E-state index is 0.787. The number of hydrazone groups is 2. The summed E-state index contributed by atoms with van der Waals surface area (Å²) in [5.41, 5.74) is 0. The van der Waals surface area contributed by atoms with Crippen molar-refractivity contribution in [3.8, 4) is 0 Å². The van der Waals surface area contributed by atoms with E-state index in [-0.39, 0.29) is 0 Å². The zero-order valence-corrected chi connectivity index (χ0v) is 10.7. The first-order valence-electron chi connectivity index (χ1n) is 5.88. The standard InChI is InChI=1S/C10H18N8/c1-17(9-11-3-4-12-9)15-7-8-16-18(2)10-13-5-6-14-10/h7-8H,3-6H2,1-2H3,(H,11,12)(H,13,14)/b15-7-,16-8-. The molecule has 2 aliphatic heterocycles. The normalized spacial score (nSPS) is 18.8. The highest BCUT2D eigenvalue weighted by Crippen LogP contribution is 1.92. The van der Waals surface area contributed by atoms with E-state index in [1.807, 2.05) is 14.1 Å². The summed E-state index contributed by atoms with van der Waals surface area (Å²) < 4.78 is 0. The van der Waals surface area contributed by atoms with Crippen LogP contribution in [0.5, 0.6) is 0 Å². The smallest absolute Gasteiger partial charge is 0.214 e. The third kappa shape index (κ3) is 3.19. The Bertz CT molecular complexity index is 359. The first-order chi connectivity index (χ1) is 8.77. The molecule has 0 radical (unpaired) electrons. The predicted octanol–water partition coefficient (Wildman–Crippen LogP) is -1.26. The van der Waals surface area contributed by atoms with Crippen molar-refractivity contribution < 1.29 is 0 Å². The summed E-state index contributed by atoms with van der Waals surface area (Å²) in [7, 11) is 3.68. The zero-order valence-electron chi connectivity index (χ0n) is 10.7. The largest absolute Gasteiger partial charge is 0.353 e. The molecule has 0 aliphatic carbocycles. The minimum atomic E-state index is 0.787. The third-order valence-electron chi connectivity index (χ3n) is 2.47. The van der Waals surface area contributed by atoms with Crippen molar-refractivity contribution in [2.24, 2.45) is 20.2 Å². The Morgan fingerprint density at radius 3 is 1.72 bits per heavy atom. The monoisotopic (exact) mass is 250 g/mol. The lowest BCUT2D eigenvalue weighted by Crippen LogP contribution is -2.32. The molecule has 0 bridgehead atoms. The molecule has 0 aromatic heterocycles. The fourth-order valence-corrected chi connectivity index (χ4v) is 1.57. The van der Waals surface area contributed by atoms with E-state index in [0.717, 1.165) is 38.1 Å². The highest BCUT2D eigenvalue weighted by Gasteiger charge is 2.09. The SMILES string of the molecule is CN(/N=C\C=N/N(C)C1=NCCN1)C1=NCCN1. The van der Waals surface area contributed by atoms with Crippen molar-refractivity contribution in [3.63, 3.8) is 0 Å². The molecule has 8 nitrogen and oxygen atoms in total. The summed E-state index contributed by atoms with van der Waals surface area (Å²) in [6.07, 6.45) is 3.24. The summed E-state index contributed by atoms with van der Waals surface area (Å²) >= 11 is 0. The molecule has 0 saturated heterocycles. The van der Waals surface area contributed by atoms with Crippen LogP contribution in [-0.2, 0) is 0 Å². The highest BCUT2D eigenvalue weighted by molar-refractivity contribution is 6.16. The second-order valence-corrected chi connectivity index (χ2v) is 3.84. The molecule has 0 fully saturated rings. The average Bonchev–Trinajstić information content (AvgIpc) is 3.05. The Labute approximate surface area is 106 Å². The van der Waals surface area contributed by atoms with Crippen molar-refractivity contribution >= 4 is 24.3 Å². The van der Waals surface area contributed by atoms with Crippen molar-refractivity contribution in [1.29, 1.82) is 0 Å². The second kappa shape index (κ2) is 5.99. The minimum Gasteiger partial charge on any atom is -0.353 e. The zero-order chi connectivity index (χ0) is 12.8. The summed E-state index contributed by atoms with van der Waals surface area (Å²) in [5, 5.41) is 18.0. The number of hydrogen-bond donors (Lipinski definition) is 2. The lowest BCUT2D eigenvalue weighted by molar-refractivity contribution is 0.527. The topological polar surface area (TPSA) is 80.0 Å². The molecule has 2 rings (SSSR count). The van der Waals surface area contributed by atoms with Crippen molar-refractivity contribution in [2.75, 3.05) is 40.3 Å². The Kier molecular flexibility index (Phi) is 4.11. The van der Waals surface area contributed by atoms with Crippen LogP contribution in [0.1, 0.15) is 0 Å². The Morgan fingerprint density at radius 1 is 0.944 bits per heavy atom. The number of nitrogens with zero attached hydrogens (tertiary/aromatic N) is 6.